The van der Waals surface area contributed by atoms with E-state index in [2.05, 4.69) is 12.2 Å². The molecule has 0 atom stereocenters. The second-order valence-corrected chi connectivity index (χ2v) is 4.65. The third-order valence-corrected chi connectivity index (χ3v) is 3.42. The summed E-state index contributed by atoms with van der Waals surface area (Å²) >= 11 is 0. The van der Waals surface area contributed by atoms with Crippen molar-refractivity contribution in [3.05, 3.63) is 47.8 Å². The molecular weight excluding hydrogens is 253 g/mol. The van der Waals surface area contributed by atoms with E-state index in [0.717, 1.165) is 29.7 Å². The fraction of sp³-hybridized carbons (Fsp3) is 0.294. The Morgan fingerprint density at radius 1 is 1.10 bits per heavy atom. The van der Waals surface area contributed by atoms with Gasteiger partial charge < -0.3 is 10.1 Å². The molecule has 0 aliphatic carbocycles. The number of anilines is 1. The molecule has 0 heterocycles. The average molecular weight is 273 g/mol. The zero-order valence-electron chi connectivity index (χ0n) is 12.2. The van der Waals surface area contributed by atoms with Gasteiger partial charge in [0.05, 0.1) is 7.11 Å². The lowest BCUT2D eigenvalue weighted by Gasteiger charge is -2.15. The maximum atomic E-state index is 14.5. The summed E-state index contributed by atoms with van der Waals surface area (Å²) in [7, 11) is 3.37. The smallest absolute Gasteiger partial charge is 0.172 e. The molecule has 0 fully saturated rings. The van der Waals surface area contributed by atoms with Gasteiger partial charge in [-0.3, -0.25) is 0 Å². The van der Waals surface area contributed by atoms with Crippen molar-refractivity contribution in [1.29, 1.82) is 0 Å². The van der Waals surface area contributed by atoms with Crippen molar-refractivity contribution in [3.63, 3.8) is 0 Å². The Kier molecular flexibility index (Phi) is 4.61. The van der Waals surface area contributed by atoms with E-state index in [1.165, 1.54) is 7.11 Å². The quantitative estimate of drug-likeness (QED) is 0.866. The molecule has 0 bridgehead atoms. The summed E-state index contributed by atoms with van der Waals surface area (Å²) < 4.78 is 19.5. The highest BCUT2D eigenvalue weighted by molar-refractivity contribution is 5.75. The first-order chi connectivity index (χ1) is 9.72. The molecule has 3 heteroatoms. The van der Waals surface area contributed by atoms with Gasteiger partial charge in [-0.2, -0.15) is 0 Å². The van der Waals surface area contributed by atoms with Gasteiger partial charge in [-0.25, -0.2) is 4.39 Å². The molecule has 106 valence electrons. The van der Waals surface area contributed by atoms with Crippen LogP contribution in [0.3, 0.4) is 0 Å². The predicted octanol–water partition coefficient (Wildman–Crippen LogP) is 4.50. The van der Waals surface area contributed by atoms with Crippen LogP contribution in [-0.4, -0.2) is 14.2 Å². The number of rotatable bonds is 5. The van der Waals surface area contributed by atoms with E-state index in [1.807, 2.05) is 31.3 Å². The van der Waals surface area contributed by atoms with Crippen molar-refractivity contribution >= 4 is 5.69 Å². The van der Waals surface area contributed by atoms with Crippen LogP contribution in [0.15, 0.2) is 36.4 Å². The van der Waals surface area contributed by atoms with Crippen LogP contribution in [0.2, 0.25) is 0 Å². The highest BCUT2D eigenvalue weighted by Crippen LogP contribution is 2.34. The number of halogens is 1. The normalized spacial score (nSPS) is 10.4. The molecule has 2 aromatic rings. The van der Waals surface area contributed by atoms with Gasteiger partial charge in [0.25, 0.3) is 0 Å². The Labute approximate surface area is 119 Å². The minimum Gasteiger partial charge on any atom is -0.494 e. The minimum atomic E-state index is -0.305. The van der Waals surface area contributed by atoms with E-state index in [9.17, 15) is 4.39 Å². The maximum Gasteiger partial charge on any atom is 0.172 e. The van der Waals surface area contributed by atoms with E-state index < -0.39 is 0 Å². The van der Waals surface area contributed by atoms with Gasteiger partial charge in [0.2, 0.25) is 0 Å². The van der Waals surface area contributed by atoms with Crippen molar-refractivity contribution in [1.82, 2.24) is 0 Å². The van der Waals surface area contributed by atoms with E-state index in [0.29, 0.717) is 5.56 Å². The number of benzene rings is 2. The summed E-state index contributed by atoms with van der Waals surface area (Å²) in [5, 5.41) is 3.18. The van der Waals surface area contributed by atoms with Crippen LogP contribution in [0.5, 0.6) is 5.75 Å². The molecule has 0 aliphatic heterocycles. The topological polar surface area (TPSA) is 21.3 Å². The van der Waals surface area contributed by atoms with Crippen LogP contribution in [0.1, 0.15) is 18.9 Å². The number of nitrogens with one attached hydrogen (secondary N) is 1. The first kappa shape index (κ1) is 14.4. The summed E-state index contributed by atoms with van der Waals surface area (Å²) in [6.45, 7) is 2.12. The highest BCUT2D eigenvalue weighted by atomic mass is 19.1. The van der Waals surface area contributed by atoms with Crippen LogP contribution in [0, 0.1) is 5.82 Å². The van der Waals surface area contributed by atoms with Gasteiger partial charge in [0, 0.05) is 18.3 Å². The highest BCUT2D eigenvalue weighted by Gasteiger charge is 2.15. The van der Waals surface area contributed by atoms with Gasteiger partial charge in [-0.1, -0.05) is 37.6 Å². The second-order valence-electron chi connectivity index (χ2n) is 4.65. The number of hydrogen-bond acceptors (Lipinski definition) is 2. The molecule has 0 spiro atoms. The fourth-order valence-electron chi connectivity index (χ4n) is 2.47. The van der Waals surface area contributed by atoms with Crippen LogP contribution in [-0.2, 0) is 6.42 Å². The maximum absolute atomic E-state index is 14.5. The third kappa shape index (κ3) is 2.62. The average Bonchev–Trinajstić information content (AvgIpc) is 2.48. The number of methoxy groups -OCH3 is 1. The molecule has 0 radical (unpaired) electrons. The lowest BCUT2D eigenvalue weighted by Crippen LogP contribution is -2.00. The Hall–Kier alpha value is -2.03. The molecule has 1 N–H and O–H groups in total. The zero-order chi connectivity index (χ0) is 14.5. The minimum absolute atomic E-state index is 0.278. The second kappa shape index (κ2) is 6.42. The van der Waals surface area contributed by atoms with Crippen molar-refractivity contribution < 1.29 is 9.13 Å². The zero-order valence-corrected chi connectivity index (χ0v) is 12.2. The number of hydrogen-bond donors (Lipinski definition) is 1. The van der Waals surface area contributed by atoms with Gasteiger partial charge in [0.15, 0.2) is 11.6 Å². The molecule has 0 saturated carbocycles. The van der Waals surface area contributed by atoms with Crippen LogP contribution in [0.25, 0.3) is 11.1 Å². The van der Waals surface area contributed by atoms with Crippen molar-refractivity contribution in [2.45, 2.75) is 19.8 Å². The molecule has 0 unspecified atom stereocenters. The van der Waals surface area contributed by atoms with Gasteiger partial charge >= 0.3 is 0 Å². The molecule has 20 heavy (non-hydrogen) atoms. The lowest BCUT2D eigenvalue weighted by molar-refractivity contribution is 0.387. The summed E-state index contributed by atoms with van der Waals surface area (Å²) in [5.74, 6) is -0.0274. The first-order valence-electron chi connectivity index (χ1n) is 6.85. The molecule has 0 saturated heterocycles. The van der Waals surface area contributed by atoms with Crippen LogP contribution < -0.4 is 10.1 Å². The van der Waals surface area contributed by atoms with Gasteiger partial charge in [0.1, 0.15) is 0 Å². The first-order valence-corrected chi connectivity index (χ1v) is 6.85. The molecule has 0 aliphatic rings. The standard InChI is InChI=1S/C17H20FNO/c1-4-7-13-12(8-5-10-15(13)19-2)14-9-6-11-16(20-3)17(14)18/h5-6,8-11,19H,4,7H2,1-3H3. The lowest BCUT2D eigenvalue weighted by atomic mass is 9.94. The molecular formula is C17H20FNO. The van der Waals surface area contributed by atoms with E-state index in [4.69, 9.17) is 4.74 Å². The van der Waals surface area contributed by atoms with E-state index in [1.54, 1.807) is 12.1 Å². The summed E-state index contributed by atoms with van der Waals surface area (Å²) in [6.07, 6.45) is 1.92. The van der Waals surface area contributed by atoms with Crippen molar-refractivity contribution in [3.8, 4) is 16.9 Å². The summed E-state index contributed by atoms with van der Waals surface area (Å²) in [5.41, 5.74) is 3.70. The largest absolute Gasteiger partial charge is 0.494 e. The SMILES string of the molecule is CCCc1c(NC)cccc1-c1cccc(OC)c1F. The molecule has 2 rings (SSSR count). The molecule has 2 aromatic carbocycles. The van der Waals surface area contributed by atoms with Gasteiger partial charge in [-0.15, -0.1) is 0 Å². The monoisotopic (exact) mass is 273 g/mol. The summed E-state index contributed by atoms with van der Waals surface area (Å²) in [6, 6.07) is 11.2. The fourth-order valence-corrected chi connectivity index (χ4v) is 2.47. The third-order valence-electron chi connectivity index (χ3n) is 3.42. The van der Waals surface area contributed by atoms with Crippen LogP contribution in [0.4, 0.5) is 10.1 Å². The Morgan fingerprint density at radius 2 is 1.80 bits per heavy atom. The molecule has 0 amide bonds. The molecule has 0 aromatic heterocycles. The van der Waals surface area contributed by atoms with E-state index in [-0.39, 0.29) is 11.6 Å². The van der Waals surface area contributed by atoms with Crippen LogP contribution >= 0.6 is 0 Å². The van der Waals surface area contributed by atoms with E-state index >= 15 is 0 Å². The number of ether oxygens (including phenoxy) is 1. The summed E-state index contributed by atoms with van der Waals surface area (Å²) in [4.78, 5) is 0. The van der Waals surface area contributed by atoms with Gasteiger partial charge in [-0.05, 0) is 29.7 Å². The Bertz CT molecular complexity index is 596. The Morgan fingerprint density at radius 3 is 2.45 bits per heavy atom. The van der Waals surface area contributed by atoms with Crippen molar-refractivity contribution in [2.75, 3.05) is 19.5 Å². The van der Waals surface area contributed by atoms with Crippen molar-refractivity contribution in [2.24, 2.45) is 0 Å². The molecule has 2 nitrogen and oxygen atoms in total. The Balaban J connectivity index is 2.63. The predicted molar refractivity (Wildman–Crippen MR) is 81.9 cm³/mol.